The van der Waals surface area contributed by atoms with Gasteiger partial charge in [-0.25, -0.2) is 0 Å². The van der Waals surface area contributed by atoms with Gasteiger partial charge in [0.2, 0.25) is 0 Å². The van der Waals surface area contributed by atoms with E-state index in [1.165, 1.54) is 4.90 Å². The van der Waals surface area contributed by atoms with Gasteiger partial charge in [-0.3, -0.25) is 0 Å². The highest BCUT2D eigenvalue weighted by molar-refractivity contribution is 6.21. The molecule has 2 heterocycles. The minimum Gasteiger partial charge on any atom is -0.464 e. The lowest BCUT2D eigenvalue weighted by molar-refractivity contribution is 0.617. The Labute approximate surface area is 334 Å². The first-order chi connectivity index (χ1) is 32.3. The molecule has 55 heavy (non-hydrogen) atoms. The SMILES string of the molecule is [2H]c1c([2H])c([2H])c(N(c2cccc(-c3c4ccccc4c(-c4ccc(-c5coc6ccccc56)cc4)c4ccccc34)c2)c2c([2H])c([2H])c3c(oc4c([2H])c([2H])c([2H])c([2H])c43)c2[2H])c([2H])c1[2H]. The minimum absolute atomic E-state index is 0.166. The second-order valence-corrected chi connectivity index (χ2v) is 13.2. The smallest absolute Gasteiger partial charge is 0.137 e. The molecule has 0 aliphatic rings. The summed E-state index contributed by atoms with van der Waals surface area (Å²) in [5.41, 5.74) is 5.11. The van der Waals surface area contributed by atoms with Crippen molar-refractivity contribution in [1.29, 1.82) is 0 Å². The largest absolute Gasteiger partial charge is 0.464 e. The molecule has 0 aliphatic carbocycles. The van der Waals surface area contributed by atoms with E-state index in [2.05, 4.69) is 36.4 Å². The number of anilines is 3. The fourth-order valence-corrected chi connectivity index (χ4v) is 7.69. The molecule has 9 aromatic carbocycles. The number of fused-ring (bicyclic) bond motifs is 6. The van der Waals surface area contributed by atoms with E-state index in [0.29, 0.717) is 5.56 Å². The fraction of sp³-hybridized carbons (Fsp3) is 0. The Kier molecular flexibility index (Phi) is 4.91. The van der Waals surface area contributed by atoms with Gasteiger partial charge >= 0.3 is 0 Å². The molecule has 3 nitrogen and oxygen atoms in total. The van der Waals surface area contributed by atoms with Crippen LogP contribution in [-0.4, -0.2) is 0 Å². The molecule has 0 amide bonds. The average molecular weight is 716 g/mol. The lowest BCUT2D eigenvalue weighted by Crippen LogP contribution is -2.09. The summed E-state index contributed by atoms with van der Waals surface area (Å²) in [5.74, 6) is 0. The van der Waals surface area contributed by atoms with E-state index in [9.17, 15) is 4.11 Å². The molecular weight excluding hydrogens is 671 g/mol. The predicted octanol–water partition coefficient (Wildman–Crippen LogP) is 15.1. The molecule has 0 unspecified atom stereocenters. The first kappa shape index (κ1) is 21.4. The van der Waals surface area contributed by atoms with Gasteiger partial charge in [-0.2, -0.15) is 0 Å². The van der Waals surface area contributed by atoms with Gasteiger partial charge in [0.15, 0.2) is 0 Å². The Morgan fingerprint density at radius 3 is 1.76 bits per heavy atom. The van der Waals surface area contributed by atoms with Gasteiger partial charge in [-0.05, 0) is 97.8 Å². The second-order valence-electron chi connectivity index (χ2n) is 13.2. The number of rotatable bonds is 6. The highest BCUT2D eigenvalue weighted by Gasteiger charge is 2.20. The number of para-hydroxylation sites is 3. The van der Waals surface area contributed by atoms with Crippen LogP contribution < -0.4 is 4.90 Å². The monoisotopic (exact) mass is 715 g/mol. The molecule has 0 spiro atoms. The van der Waals surface area contributed by atoms with E-state index >= 15 is 0 Å². The van der Waals surface area contributed by atoms with Gasteiger partial charge in [0.25, 0.3) is 0 Å². The summed E-state index contributed by atoms with van der Waals surface area (Å²) in [7, 11) is 0. The fourth-order valence-electron chi connectivity index (χ4n) is 7.69. The summed E-state index contributed by atoms with van der Waals surface area (Å²) in [6.45, 7) is 0. The molecule has 2 aromatic heterocycles. The molecule has 3 heteroatoms. The van der Waals surface area contributed by atoms with Crippen LogP contribution in [0.4, 0.5) is 17.1 Å². The Hall–Kier alpha value is -7.36. The third-order valence-corrected chi connectivity index (χ3v) is 10.1. The normalized spacial score (nSPS) is 14.7. The maximum atomic E-state index is 9.59. The van der Waals surface area contributed by atoms with Crippen molar-refractivity contribution < 1.29 is 25.3 Å². The lowest BCUT2D eigenvalue weighted by atomic mass is 9.85. The van der Waals surface area contributed by atoms with Gasteiger partial charge in [-0.1, -0.05) is 139 Å². The molecule has 258 valence electrons. The zero-order chi connectivity index (χ0) is 46.7. The molecule has 0 saturated carbocycles. The Bertz CT molecular complexity index is 3830. The third-order valence-electron chi connectivity index (χ3n) is 10.1. The Balaban J connectivity index is 1.15. The maximum absolute atomic E-state index is 9.59. The summed E-state index contributed by atoms with van der Waals surface area (Å²) in [5, 5.41) is 4.37. The standard InChI is InChI=1S/C52H33NO2/c1-2-14-37(15-3-1)53(39-29-30-42-40-17-9-11-24-49(40)55-50(42)32-39)38-16-12-13-36(31-38)52-45-21-6-4-19-43(45)51(44-20-5-7-22-46(44)52)35-27-25-34(26-28-35)47-33-54-48-23-10-8-18-41(47)48/h1-33H/i1D,2D,3D,9D,11D,14D,15D,17D,24D,29D,30D,32D. The Morgan fingerprint density at radius 1 is 0.400 bits per heavy atom. The van der Waals surface area contributed by atoms with Crippen molar-refractivity contribution in [2.24, 2.45) is 0 Å². The summed E-state index contributed by atoms with van der Waals surface area (Å²) >= 11 is 0. The van der Waals surface area contributed by atoms with Crippen LogP contribution in [0.15, 0.2) is 209 Å². The highest BCUT2D eigenvalue weighted by atomic mass is 16.3. The third kappa shape index (κ3) is 5.13. The zero-order valence-corrected chi connectivity index (χ0v) is 28.9. The highest BCUT2D eigenvalue weighted by Crippen LogP contribution is 2.46. The van der Waals surface area contributed by atoms with Crippen LogP contribution >= 0.6 is 0 Å². The van der Waals surface area contributed by atoms with Gasteiger partial charge in [0.1, 0.15) is 16.7 Å². The number of furan rings is 2. The van der Waals surface area contributed by atoms with E-state index in [-0.39, 0.29) is 39.0 Å². The molecule has 0 radical (unpaired) electrons. The number of nitrogens with zero attached hydrogens (tertiary/aromatic N) is 1. The summed E-state index contributed by atoms with van der Waals surface area (Å²) < 4.78 is 118. The van der Waals surface area contributed by atoms with E-state index in [0.717, 1.165) is 60.3 Å². The van der Waals surface area contributed by atoms with Crippen molar-refractivity contribution in [1.82, 2.24) is 0 Å². The van der Waals surface area contributed by atoms with Crippen molar-refractivity contribution in [3.63, 3.8) is 0 Å². The van der Waals surface area contributed by atoms with Crippen molar-refractivity contribution in [2.75, 3.05) is 4.90 Å². The van der Waals surface area contributed by atoms with Crippen molar-refractivity contribution in [2.45, 2.75) is 0 Å². The van der Waals surface area contributed by atoms with Crippen LogP contribution in [0.5, 0.6) is 0 Å². The molecule has 0 N–H and O–H groups in total. The van der Waals surface area contributed by atoms with Gasteiger partial charge in [0, 0.05) is 44.8 Å². The summed E-state index contributed by atoms with van der Waals surface area (Å²) in [6.07, 6.45) is 1.77. The number of hydrogen-bond donors (Lipinski definition) is 0. The van der Waals surface area contributed by atoms with Crippen LogP contribution in [0.1, 0.15) is 16.4 Å². The van der Waals surface area contributed by atoms with E-state index in [1.54, 1.807) is 24.5 Å². The number of benzene rings is 9. The minimum atomic E-state index is -0.659. The van der Waals surface area contributed by atoms with E-state index < -0.39 is 72.5 Å². The molecule has 0 fully saturated rings. The van der Waals surface area contributed by atoms with Crippen molar-refractivity contribution in [3.05, 3.63) is 200 Å². The van der Waals surface area contributed by atoms with Crippen LogP contribution in [0, 0.1) is 0 Å². The molecule has 11 rings (SSSR count). The quantitative estimate of drug-likeness (QED) is 0.161. The second kappa shape index (κ2) is 12.6. The first-order valence-electron chi connectivity index (χ1n) is 23.7. The van der Waals surface area contributed by atoms with Crippen molar-refractivity contribution in [3.8, 4) is 33.4 Å². The van der Waals surface area contributed by atoms with Crippen LogP contribution in [0.25, 0.3) is 87.8 Å². The van der Waals surface area contributed by atoms with E-state index in [4.69, 9.17) is 21.2 Å². The van der Waals surface area contributed by atoms with Crippen LogP contribution in [-0.2, 0) is 0 Å². The zero-order valence-electron chi connectivity index (χ0n) is 40.9. The lowest BCUT2D eigenvalue weighted by Gasteiger charge is -2.26. The predicted molar refractivity (Wildman–Crippen MR) is 229 cm³/mol. The number of hydrogen-bond acceptors (Lipinski definition) is 3. The summed E-state index contributed by atoms with van der Waals surface area (Å²) in [4.78, 5) is 1.21. The summed E-state index contributed by atoms with van der Waals surface area (Å²) in [6, 6.07) is 32.3. The van der Waals surface area contributed by atoms with Crippen LogP contribution in [0.3, 0.4) is 0 Å². The van der Waals surface area contributed by atoms with Gasteiger partial charge in [-0.15, -0.1) is 0 Å². The van der Waals surface area contributed by atoms with Gasteiger partial charge in [0.05, 0.1) is 22.7 Å². The first-order valence-corrected chi connectivity index (χ1v) is 17.7. The van der Waals surface area contributed by atoms with Crippen molar-refractivity contribution >= 4 is 71.5 Å². The molecule has 0 aliphatic heterocycles. The van der Waals surface area contributed by atoms with Crippen LogP contribution in [0.2, 0.25) is 0 Å². The molecule has 0 saturated heterocycles. The Morgan fingerprint density at radius 2 is 1.02 bits per heavy atom. The molecule has 0 bridgehead atoms. The average Bonchev–Trinajstić information content (AvgIpc) is 3.98. The molecular formula is C52H33NO2. The topological polar surface area (TPSA) is 29.5 Å². The molecule has 0 atom stereocenters. The van der Waals surface area contributed by atoms with E-state index in [1.807, 2.05) is 66.7 Å². The van der Waals surface area contributed by atoms with Gasteiger partial charge < -0.3 is 13.7 Å². The maximum Gasteiger partial charge on any atom is 0.137 e. The molecule has 11 aromatic rings.